The lowest BCUT2D eigenvalue weighted by Crippen LogP contribution is -2.20. The van der Waals surface area contributed by atoms with Crippen molar-refractivity contribution in [1.82, 2.24) is 0 Å². The molecule has 0 unspecified atom stereocenters. The van der Waals surface area contributed by atoms with Crippen LogP contribution in [0.15, 0.2) is 91.0 Å². The Morgan fingerprint density at radius 1 is 0.440 bits per heavy atom. The molecule has 0 aliphatic carbocycles. The van der Waals surface area contributed by atoms with Crippen molar-refractivity contribution >= 4 is 23.8 Å². The van der Waals surface area contributed by atoms with Crippen molar-refractivity contribution in [2.45, 2.75) is 0 Å². The van der Waals surface area contributed by atoms with Crippen LogP contribution in [-0.4, -0.2) is 28.4 Å². The number of rotatable bonds is 3. The van der Waals surface area contributed by atoms with Crippen LogP contribution < -0.4 is 15.9 Å². The molecule has 3 aromatic rings. The monoisotopic (exact) mass is 354 g/mol. The first kappa shape index (κ1) is 21.1. The van der Waals surface area contributed by atoms with Crippen molar-refractivity contribution in [3.63, 3.8) is 0 Å². The fraction of sp³-hybridized carbons (Fsp3) is 0.182. The summed E-state index contributed by atoms with van der Waals surface area (Å²) in [6.45, 7) is 0. The molecule has 3 heteroatoms. The van der Waals surface area contributed by atoms with E-state index in [4.69, 9.17) is 0 Å². The van der Waals surface area contributed by atoms with E-state index in [9.17, 15) is 0 Å². The van der Waals surface area contributed by atoms with E-state index < -0.39 is 7.92 Å². The van der Waals surface area contributed by atoms with Crippen molar-refractivity contribution in [3.05, 3.63) is 91.0 Å². The first-order valence-electron chi connectivity index (χ1n) is 8.04. The van der Waals surface area contributed by atoms with E-state index >= 15 is 0 Å². The van der Waals surface area contributed by atoms with E-state index in [-0.39, 0.29) is 0 Å². The summed E-state index contributed by atoms with van der Waals surface area (Å²) in [5.41, 5.74) is 0. The molecule has 0 amide bonds. The first-order chi connectivity index (χ1) is 12.3. The average Bonchev–Trinajstić information content (AvgIpc) is 2.66. The van der Waals surface area contributed by atoms with Gasteiger partial charge in [0.2, 0.25) is 0 Å². The Labute approximate surface area is 153 Å². The smallest absolute Gasteiger partial charge is 0.0351 e. The third-order valence-corrected chi connectivity index (χ3v) is 5.49. The lowest BCUT2D eigenvalue weighted by molar-refractivity contribution is 0.277. The van der Waals surface area contributed by atoms with Crippen LogP contribution in [0.2, 0.25) is 0 Å². The van der Waals surface area contributed by atoms with Gasteiger partial charge in [0.1, 0.15) is 0 Å². The third kappa shape index (κ3) is 7.62. The molecule has 0 fully saturated rings. The molecule has 0 aromatic heterocycles. The second-order valence-electron chi connectivity index (χ2n) is 5.16. The number of hydrogen-bond donors (Lipinski definition) is 0. The molecule has 3 aromatic carbocycles. The Morgan fingerprint density at radius 3 is 0.840 bits per heavy atom. The van der Waals surface area contributed by atoms with E-state index in [2.05, 4.69) is 100 Å². The minimum absolute atomic E-state index is 0.446. The molecule has 3 rings (SSSR count). The minimum Gasteiger partial charge on any atom is -0.388 e. The summed E-state index contributed by atoms with van der Waals surface area (Å²) in [6, 6.07) is 32.3. The Kier molecular flexibility index (Phi) is 11.2. The quantitative estimate of drug-likeness (QED) is 0.663. The molecule has 0 heterocycles. The summed E-state index contributed by atoms with van der Waals surface area (Å²) >= 11 is 0. The average molecular weight is 354 g/mol. The molecule has 0 aliphatic rings. The molecular formula is C22H27O2P. The fourth-order valence-corrected chi connectivity index (χ4v) is 4.48. The summed E-state index contributed by atoms with van der Waals surface area (Å²) in [5, 5.41) is 4.19. The summed E-state index contributed by atoms with van der Waals surface area (Å²) in [4.78, 5) is 0. The maximum Gasteiger partial charge on any atom is 0.0351 e. The molecule has 0 spiro atoms. The summed E-state index contributed by atoms with van der Waals surface area (Å²) in [6.07, 6.45) is 0. The highest BCUT2D eigenvalue weighted by Gasteiger charge is 2.14. The van der Waals surface area contributed by atoms with Crippen LogP contribution in [0, 0.1) is 0 Å². The molecule has 0 aliphatic heterocycles. The van der Waals surface area contributed by atoms with E-state index in [1.807, 2.05) is 0 Å². The van der Waals surface area contributed by atoms with Gasteiger partial charge >= 0.3 is 0 Å². The molecule has 0 saturated carbocycles. The van der Waals surface area contributed by atoms with Crippen molar-refractivity contribution in [1.29, 1.82) is 0 Å². The Hall–Kier alpha value is -1.99. The minimum atomic E-state index is -0.446. The standard InChI is InChI=1S/C18H15P.2C2H6O/c1-4-10-16(11-5-1)19(17-12-6-2-7-13-17)18-14-8-3-9-15-18;2*1-3-2/h1-15H;2*1-2H3. The van der Waals surface area contributed by atoms with Gasteiger partial charge in [-0.15, -0.1) is 0 Å². The molecule has 0 saturated heterocycles. The van der Waals surface area contributed by atoms with E-state index in [0.29, 0.717) is 0 Å². The van der Waals surface area contributed by atoms with Crippen molar-refractivity contribution in [2.75, 3.05) is 28.4 Å². The van der Waals surface area contributed by atoms with Crippen LogP contribution in [0.3, 0.4) is 0 Å². The summed E-state index contributed by atoms with van der Waals surface area (Å²) < 4.78 is 8.50. The van der Waals surface area contributed by atoms with Gasteiger partial charge in [-0.25, -0.2) is 0 Å². The predicted octanol–water partition coefficient (Wildman–Crippen LogP) is 3.97. The largest absolute Gasteiger partial charge is 0.388 e. The number of hydrogen-bond acceptors (Lipinski definition) is 2. The molecule has 0 bridgehead atoms. The van der Waals surface area contributed by atoms with E-state index in [0.717, 1.165) is 0 Å². The van der Waals surface area contributed by atoms with Gasteiger partial charge in [-0.3, -0.25) is 0 Å². The lowest BCUT2D eigenvalue weighted by Gasteiger charge is -2.18. The van der Waals surface area contributed by atoms with Crippen LogP contribution in [-0.2, 0) is 9.47 Å². The van der Waals surface area contributed by atoms with Crippen molar-refractivity contribution in [3.8, 4) is 0 Å². The van der Waals surface area contributed by atoms with Gasteiger partial charge in [-0.2, -0.15) is 0 Å². The zero-order valence-corrected chi connectivity index (χ0v) is 16.3. The van der Waals surface area contributed by atoms with Gasteiger partial charge < -0.3 is 9.47 Å². The molecule has 2 nitrogen and oxygen atoms in total. The maximum absolute atomic E-state index is 4.25. The van der Waals surface area contributed by atoms with Gasteiger partial charge in [0, 0.05) is 28.4 Å². The van der Waals surface area contributed by atoms with Gasteiger partial charge in [-0.05, 0) is 23.8 Å². The van der Waals surface area contributed by atoms with Crippen molar-refractivity contribution < 1.29 is 9.47 Å². The van der Waals surface area contributed by atoms with Crippen LogP contribution in [0.1, 0.15) is 0 Å². The Morgan fingerprint density at radius 2 is 0.640 bits per heavy atom. The molecular weight excluding hydrogens is 327 g/mol. The molecule has 0 N–H and O–H groups in total. The topological polar surface area (TPSA) is 18.5 Å². The number of benzene rings is 3. The van der Waals surface area contributed by atoms with Gasteiger partial charge in [-0.1, -0.05) is 91.0 Å². The molecule has 0 radical (unpaired) electrons. The molecule has 0 atom stereocenters. The molecule has 25 heavy (non-hydrogen) atoms. The highest BCUT2D eigenvalue weighted by molar-refractivity contribution is 7.79. The van der Waals surface area contributed by atoms with E-state index in [1.165, 1.54) is 15.9 Å². The highest BCUT2D eigenvalue weighted by Crippen LogP contribution is 2.32. The normalized spacial score (nSPS) is 9.48. The zero-order valence-electron chi connectivity index (χ0n) is 15.4. The first-order valence-corrected chi connectivity index (χ1v) is 9.38. The highest BCUT2D eigenvalue weighted by atomic mass is 31.1. The number of ether oxygens (including phenoxy) is 2. The third-order valence-electron chi connectivity index (χ3n) is 3.04. The fourth-order valence-electron chi connectivity index (χ4n) is 2.18. The maximum atomic E-state index is 4.25. The number of methoxy groups -OCH3 is 2. The van der Waals surface area contributed by atoms with Gasteiger partial charge in [0.05, 0.1) is 0 Å². The second kappa shape index (κ2) is 13.3. The predicted molar refractivity (Wildman–Crippen MR) is 111 cm³/mol. The lowest BCUT2D eigenvalue weighted by atomic mass is 10.4. The van der Waals surface area contributed by atoms with Crippen LogP contribution >= 0.6 is 7.92 Å². The summed E-state index contributed by atoms with van der Waals surface area (Å²) in [5.74, 6) is 0. The SMILES string of the molecule is COC.COC.c1ccc(P(c2ccccc2)c2ccccc2)cc1. The van der Waals surface area contributed by atoms with Gasteiger partial charge in [0.25, 0.3) is 0 Å². The van der Waals surface area contributed by atoms with E-state index in [1.54, 1.807) is 28.4 Å². The summed E-state index contributed by atoms with van der Waals surface area (Å²) in [7, 11) is 6.05. The Balaban J connectivity index is 0.000000460. The van der Waals surface area contributed by atoms with Crippen molar-refractivity contribution in [2.24, 2.45) is 0 Å². The second-order valence-corrected chi connectivity index (χ2v) is 7.38. The van der Waals surface area contributed by atoms with Crippen LogP contribution in [0.4, 0.5) is 0 Å². The Bertz CT molecular complexity index is 561. The van der Waals surface area contributed by atoms with Crippen LogP contribution in [0.5, 0.6) is 0 Å². The molecule has 132 valence electrons. The zero-order chi connectivity index (χ0) is 18.3. The van der Waals surface area contributed by atoms with Crippen LogP contribution in [0.25, 0.3) is 0 Å². The van der Waals surface area contributed by atoms with Gasteiger partial charge in [0.15, 0.2) is 0 Å².